The fraction of sp³-hybridized carbons (Fsp3) is 0.103. The average molecular weight is 586 g/mol. The lowest BCUT2D eigenvalue weighted by molar-refractivity contribution is -0.394. The van der Waals surface area contributed by atoms with Gasteiger partial charge in [-0.2, -0.15) is 0 Å². The molecule has 0 bridgehead atoms. The molecule has 1 aromatic heterocycles. The number of nitro groups is 2. The van der Waals surface area contributed by atoms with E-state index in [-0.39, 0.29) is 11.7 Å². The van der Waals surface area contributed by atoms with Gasteiger partial charge in [0, 0.05) is 23.1 Å². The number of nitrogens with zero attached hydrogens (tertiary/aromatic N) is 4. The van der Waals surface area contributed by atoms with Crippen LogP contribution in [0.15, 0.2) is 82.7 Å². The van der Waals surface area contributed by atoms with Gasteiger partial charge >= 0.3 is 5.69 Å². The number of aromatic nitrogens is 1. The van der Waals surface area contributed by atoms with E-state index in [1.807, 2.05) is 30.6 Å². The van der Waals surface area contributed by atoms with Crippen molar-refractivity contribution in [2.45, 2.75) is 13.8 Å². The van der Waals surface area contributed by atoms with Crippen LogP contribution in [-0.4, -0.2) is 32.6 Å². The van der Waals surface area contributed by atoms with Crippen LogP contribution in [0.2, 0.25) is 0 Å². The number of nitro benzene ring substituents is 2. The summed E-state index contributed by atoms with van der Waals surface area (Å²) in [5, 5.41) is 25.7. The van der Waals surface area contributed by atoms with Crippen LogP contribution in [0.25, 0.3) is 11.8 Å². The molecule has 1 aliphatic rings. The van der Waals surface area contributed by atoms with Gasteiger partial charge in [-0.05, 0) is 97.9 Å². The Morgan fingerprint density at radius 2 is 1.62 bits per heavy atom. The molecule has 0 saturated carbocycles. The number of ether oxygens (including phenoxy) is 2. The molecule has 3 aromatic carbocycles. The number of amides is 1. The van der Waals surface area contributed by atoms with Crippen LogP contribution in [0.4, 0.5) is 17.1 Å². The van der Waals surface area contributed by atoms with E-state index >= 15 is 0 Å². The van der Waals surface area contributed by atoms with Crippen LogP contribution >= 0.6 is 11.8 Å². The molecular formula is C29H23N5O7S. The molecule has 1 fully saturated rings. The summed E-state index contributed by atoms with van der Waals surface area (Å²) in [4.78, 5) is 38.7. The minimum Gasteiger partial charge on any atom is -0.497 e. The monoisotopic (exact) mass is 585 g/mol. The molecule has 1 aliphatic heterocycles. The van der Waals surface area contributed by atoms with Gasteiger partial charge in [-0.3, -0.25) is 25.0 Å². The molecular weight excluding hydrogens is 562 g/mol. The van der Waals surface area contributed by atoms with E-state index in [2.05, 4.69) is 10.3 Å². The van der Waals surface area contributed by atoms with Crippen LogP contribution in [-0.2, 0) is 4.79 Å². The van der Waals surface area contributed by atoms with E-state index in [1.54, 1.807) is 55.6 Å². The maximum absolute atomic E-state index is 12.7. The second kappa shape index (κ2) is 11.6. The molecule has 42 heavy (non-hydrogen) atoms. The molecule has 0 spiro atoms. The number of benzene rings is 3. The van der Waals surface area contributed by atoms with Crippen molar-refractivity contribution in [3.63, 3.8) is 0 Å². The topological polar surface area (TPSA) is 151 Å². The third-order valence-electron chi connectivity index (χ3n) is 6.38. The maximum atomic E-state index is 12.7. The Bertz CT molecular complexity index is 1780. The summed E-state index contributed by atoms with van der Waals surface area (Å²) < 4.78 is 12.9. The Labute approximate surface area is 243 Å². The normalized spacial score (nSPS) is 14.7. The summed E-state index contributed by atoms with van der Waals surface area (Å²) in [6.45, 7) is 3.88. The van der Waals surface area contributed by atoms with Crippen molar-refractivity contribution in [2.75, 3.05) is 7.11 Å². The summed E-state index contributed by atoms with van der Waals surface area (Å²) in [5.41, 5.74) is 3.28. The standard InChI is InChI=1S/C29H23N5O7S/c1-17-14-19(15-27-28(35)31-29(42-27)30-20-4-9-23(40-3)10-5-20)18(2)32(17)21-6-11-24(12-7-21)41-26-13-8-22(33(36)37)16-25(26)34(38)39/h4-16H,1-3H3,(H,30,31,35)/b27-15-. The number of aliphatic imine (C=N–C) groups is 1. The van der Waals surface area contributed by atoms with Gasteiger partial charge in [0.15, 0.2) is 5.17 Å². The molecule has 0 atom stereocenters. The van der Waals surface area contributed by atoms with E-state index in [0.29, 0.717) is 27.3 Å². The molecule has 0 aliphatic carbocycles. The summed E-state index contributed by atoms with van der Waals surface area (Å²) in [6.07, 6.45) is 1.82. The number of non-ortho nitro benzene ring substituents is 1. The molecule has 12 nitrogen and oxygen atoms in total. The molecule has 1 saturated heterocycles. The minimum absolute atomic E-state index is 0.108. The van der Waals surface area contributed by atoms with Gasteiger partial charge in [-0.1, -0.05) is 0 Å². The van der Waals surface area contributed by atoms with Gasteiger partial charge in [0.2, 0.25) is 5.75 Å². The Morgan fingerprint density at radius 1 is 0.929 bits per heavy atom. The number of rotatable bonds is 8. The Kier molecular flexibility index (Phi) is 7.76. The molecule has 4 aromatic rings. The second-order valence-corrected chi connectivity index (χ2v) is 10.1. The number of aryl methyl sites for hydroxylation is 1. The van der Waals surface area contributed by atoms with E-state index in [9.17, 15) is 25.0 Å². The number of thioether (sulfide) groups is 1. The predicted molar refractivity (Wildman–Crippen MR) is 159 cm³/mol. The summed E-state index contributed by atoms with van der Waals surface area (Å²) in [5.74, 6) is 0.693. The molecule has 0 radical (unpaired) electrons. The number of carbonyl (C=O) groups excluding carboxylic acids is 1. The van der Waals surface area contributed by atoms with Crippen LogP contribution in [0.5, 0.6) is 17.2 Å². The van der Waals surface area contributed by atoms with Crippen molar-refractivity contribution < 1.29 is 24.1 Å². The first-order valence-corrected chi connectivity index (χ1v) is 13.3. The summed E-state index contributed by atoms with van der Waals surface area (Å²) in [7, 11) is 1.59. The van der Waals surface area contributed by atoms with Crippen molar-refractivity contribution in [3.05, 3.63) is 115 Å². The van der Waals surface area contributed by atoms with Gasteiger partial charge in [0.25, 0.3) is 11.6 Å². The second-order valence-electron chi connectivity index (χ2n) is 9.10. The van der Waals surface area contributed by atoms with Gasteiger partial charge in [0.1, 0.15) is 11.5 Å². The first-order chi connectivity index (χ1) is 20.1. The number of methoxy groups -OCH3 is 1. The third kappa shape index (κ3) is 5.86. The average Bonchev–Trinajstić information content (AvgIpc) is 3.45. The molecule has 212 valence electrons. The van der Waals surface area contributed by atoms with Gasteiger partial charge < -0.3 is 19.4 Å². The molecule has 13 heteroatoms. The van der Waals surface area contributed by atoms with Crippen LogP contribution in [0.3, 0.4) is 0 Å². The van der Waals surface area contributed by atoms with Crippen molar-refractivity contribution in [2.24, 2.45) is 4.99 Å². The van der Waals surface area contributed by atoms with Gasteiger partial charge in [-0.25, -0.2) is 4.99 Å². The highest BCUT2D eigenvalue weighted by atomic mass is 32.2. The first-order valence-electron chi connectivity index (χ1n) is 12.5. The minimum atomic E-state index is -0.726. The van der Waals surface area contributed by atoms with Crippen LogP contribution < -0.4 is 14.8 Å². The van der Waals surface area contributed by atoms with Crippen LogP contribution in [0.1, 0.15) is 17.0 Å². The highest BCUT2D eigenvalue weighted by Gasteiger charge is 2.25. The SMILES string of the molecule is COc1ccc(N=C2NC(=O)/C(=C/c3cc(C)n(-c4ccc(Oc5ccc([N+](=O)[O-])cc5[N+](=O)[O-])cc4)c3C)S2)cc1. The fourth-order valence-electron chi connectivity index (χ4n) is 4.37. The van der Waals surface area contributed by atoms with Crippen molar-refractivity contribution in [3.8, 4) is 22.9 Å². The summed E-state index contributed by atoms with van der Waals surface area (Å²) >= 11 is 1.25. The highest BCUT2D eigenvalue weighted by molar-refractivity contribution is 8.18. The molecule has 0 unspecified atom stereocenters. The third-order valence-corrected chi connectivity index (χ3v) is 7.29. The van der Waals surface area contributed by atoms with E-state index in [0.717, 1.165) is 34.8 Å². The molecule has 1 amide bonds. The largest absolute Gasteiger partial charge is 0.497 e. The lowest BCUT2D eigenvalue weighted by atomic mass is 10.2. The lowest BCUT2D eigenvalue weighted by Gasteiger charge is -2.11. The van der Waals surface area contributed by atoms with Crippen molar-refractivity contribution >= 4 is 46.0 Å². The highest BCUT2D eigenvalue weighted by Crippen LogP contribution is 2.35. The van der Waals surface area contributed by atoms with E-state index in [1.165, 1.54) is 17.8 Å². The number of nitrogens with one attached hydrogen (secondary N) is 1. The zero-order valence-corrected chi connectivity index (χ0v) is 23.4. The Hall–Kier alpha value is -5.43. The Morgan fingerprint density at radius 3 is 2.26 bits per heavy atom. The zero-order valence-electron chi connectivity index (χ0n) is 22.6. The number of amidine groups is 1. The smallest absolute Gasteiger partial charge is 0.318 e. The predicted octanol–water partition coefficient (Wildman–Crippen LogP) is 6.60. The fourth-order valence-corrected chi connectivity index (χ4v) is 5.20. The molecule has 2 heterocycles. The zero-order chi connectivity index (χ0) is 30.0. The van der Waals surface area contributed by atoms with E-state index < -0.39 is 21.2 Å². The van der Waals surface area contributed by atoms with Gasteiger partial charge in [-0.15, -0.1) is 0 Å². The lowest BCUT2D eigenvalue weighted by Crippen LogP contribution is -2.19. The molecule has 1 N–H and O–H groups in total. The van der Waals surface area contributed by atoms with E-state index in [4.69, 9.17) is 9.47 Å². The molecule has 5 rings (SSSR count). The first kappa shape index (κ1) is 28.1. The van der Waals surface area contributed by atoms with Gasteiger partial charge in [0.05, 0.1) is 33.6 Å². The Balaban J connectivity index is 1.35. The quantitative estimate of drug-likeness (QED) is 0.138. The number of carbonyl (C=O) groups is 1. The summed E-state index contributed by atoms with van der Waals surface area (Å²) in [6, 6.07) is 19.3. The van der Waals surface area contributed by atoms with Crippen LogP contribution in [0, 0.1) is 34.1 Å². The van der Waals surface area contributed by atoms with Crippen molar-refractivity contribution in [1.82, 2.24) is 9.88 Å². The maximum Gasteiger partial charge on any atom is 0.318 e. The van der Waals surface area contributed by atoms with Crippen molar-refractivity contribution in [1.29, 1.82) is 0 Å². The number of hydrogen-bond donors (Lipinski definition) is 1. The number of hydrogen-bond acceptors (Lipinski definition) is 9.